The van der Waals surface area contributed by atoms with Crippen LogP contribution < -0.4 is 0 Å². The molecule has 0 saturated carbocycles. The van der Waals surface area contributed by atoms with Crippen LogP contribution in [-0.4, -0.2) is 47.7 Å². The molecule has 0 amide bonds. The summed E-state index contributed by atoms with van der Waals surface area (Å²) in [5.74, 6) is -0.413. The van der Waals surface area contributed by atoms with Crippen molar-refractivity contribution in [1.82, 2.24) is 14.3 Å². The van der Waals surface area contributed by atoms with Crippen molar-refractivity contribution in [2.75, 3.05) is 19.8 Å². The van der Waals surface area contributed by atoms with Crippen LogP contribution in [0.25, 0.3) is 0 Å². The van der Waals surface area contributed by atoms with Gasteiger partial charge in [-0.2, -0.15) is 0 Å². The van der Waals surface area contributed by atoms with E-state index in [0.29, 0.717) is 0 Å². The largest absolute Gasteiger partial charge is 0.506 e. The monoisotopic (exact) mass is 365 g/mol. The molecule has 0 bridgehead atoms. The highest BCUT2D eigenvalue weighted by Gasteiger charge is 2.34. The number of nitrogens with zero attached hydrogens (tertiary/aromatic N) is 3. The van der Waals surface area contributed by atoms with E-state index < -0.39 is 10.0 Å². The van der Waals surface area contributed by atoms with E-state index >= 15 is 0 Å². The fraction of sp³-hybridized carbons (Fsp3) is 0.294. The lowest BCUT2D eigenvalue weighted by Gasteiger charge is -2.34. The maximum Gasteiger partial charge on any atom is 0.232 e. The molecular formula is C17H20FN3O3S. The summed E-state index contributed by atoms with van der Waals surface area (Å²) >= 11 is 0. The van der Waals surface area contributed by atoms with Gasteiger partial charge in [-0.3, -0.25) is 9.31 Å². The number of allylic oxidation sites excluding steroid dienone is 1. The minimum atomic E-state index is -3.51. The normalized spacial score (nSPS) is 20.7. The van der Waals surface area contributed by atoms with Crippen LogP contribution in [0.3, 0.4) is 0 Å². The summed E-state index contributed by atoms with van der Waals surface area (Å²) in [6, 6.07) is 6.06. The molecule has 0 aromatic heterocycles. The number of fused-ring (bicyclic) bond motifs is 1. The van der Waals surface area contributed by atoms with Gasteiger partial charge < -0.3 is 5.11 Å². The lowest BCUT2D eigenvalue weighted by Crippen LogP contribution is -2.37. The Hall–Kier alpha value is -2.32. The molecule has 134 valence electrons. The Morgan fingerprint density at radius 3 is 2.48 bits per heavy atom. The van der Waals surface area contributed by atoms with Crippen molar-refractivity contribution >= 4 is 10.0 Å². The fourth-order valence-electron chi connectivity index (χ4n) is 3.09. The Balaban J connectivity index is 1.97. The number of likely N-dealkylation sites (N-methyl/N-ethyl adjacent to an activating group) is 2. The quantitative estimate of drug-likeness (QED) is 0.888. The lowest BCUT2D eigenvalue weighted by atomic mass is 10.1. The number of hydrazine groups is 1. The number of hydrogen-bond acceptors (Lipinski definition) is 5. The molecule has 3 rings (SSSR count). The van der Waals surface area contributed by atoms with E-state index in [1.165, 1.54) is 18.2 Å². The molecule has 1 unspecified atom stereocenters. The summed E-state index contributed by atoms with van der Waals surface area (Å²) in [4.78, 5) is 0. The first-order valence-corrected chi connectivity index (χ1v) is 9.67. The van der Waals surface area contributed by atoms with Crippen molar-refractivity contribution in [3.8, 4) is 0 Å². The highest BCUT2D eigenvalue weighted by molar-refractivity contribution is 7.88. The SMILES string of the molecule is CCN(C1=CN2C(=CC(c3ccc(F)cc3)N2C)C=C1O)S(C)(=O)=O. The number of hydrogen-bond donors (Lipinski definition) is 1. The van der Waals surface area contributed by atoms with Crippen molar-refractivity contribution in [2.24, 2.45) is 0 Å². The first-order valence-electron chi connectivity index (χ1n) is 7.82. The number of rotatable bonds is 4. The Morgan fingerprint density at radius 2 is 1.92 bits per heavy atom. The van der Waals surface area contributed by atoms with Crippen LogP contribution in [0.4, 0.5) is 4.39 Å². The Morgan fingerprint density at radius 1 is 1.28 bits per heavy atom. The summed E-state index contributed by atoms with van der Waals surface area (Å²) in [7, 11) is -1.66. The van der Waals surface area contributed by atoms with Crippen LogP contribution in [0.1, 0.15) is 18.5 Å². The van der Waals surface area contributed by atoms with Gasteiger partial charge in [0.15, 0.2) is 0 Å². The highest BCUT2D eigenvalue weighted by Crippen LogP contribution is 2.37. The third-order valence-corrected chi connectivity index (χ3v) is 5.55. The van der Waals surface area contributed by atoms with E-state index in [0.717, 1.165) is 21.8 Å². The predicted molar refractivity (Wildman–Crippen MR) is 92.8 cm³/mol. The van der Waals surface area contributed by atoms with E-state index in [9.17, 15) is 17.9 Å². The van der Waals surface area contributed by atoms with Gasteiger partial charge in [-0.25, -0.2) is 17.8 Å². The summed E-state index contributed by atoms with van der Waals surface area (Å²) < 4.78 is 38.2. The van der Waals surface area contributed by atoms with Gasteiger partial charge in [0.1, 0.15) is 17.3 Å². The lowest BCUT2D eigenvalue weighted by molar-refractivity contribution is 0.0828. The first-order chi connectivity index (χ1) is 11.7. The van der Waals surface area contributed by atoms with Gasteiger partial charge in [0.25, 0.3) is 0 Å². The van der Waals surface area contributed by atoms with Gasteiger partial charge in [0.05, 0.1) is 24.2 Å². The average molecular weight is 365 g/mol. The van der Waals surface area contributed by atoms with Crippen molar-refractivity contribution in [3.05, 3.63) is 71.2 Å². The molecule has 2 aliphatic rings. The van der Waals surface area contributed by atoms with Crippen molar-refractivity contribution < 1.29 is 17.9 Å². The third kappa shape index (κ3) is 3.14. The summed E-state index contributed by atoms with van der Waals surface area (Å²) in [6.45, 7) is 1.91. The van der Waals surface area contributed by atoms with E-state index in [2.05, 4.69) is 0 Å². The average Bonchev–Trinajstić information content (AvgIpc) is 2.84. The van der Waals surface area contributed by atoms with E-state index in [-0.39, 0.29) is 29.9 Å². The van der Waals surface area contributed by atoms with Gasteiger partial charge in [-0.15, -0.1) is 0 Å². The van der Waals surface area contributed by atoms with E-state index in [1.54, 1.807) is 30.3 Å². The maximum atomic E-state index is 13.2. The molecule has 2 aliphatic heterocycles. The van der Waals surface area contributed by atoms with Crippen molar-refractivity contribution in [2.45, 2.75) is 13.0 Å². The first kappa shape index (κ1) is 17.5. The number of benzene rings is 1. The zero-order valence-corrected chi connectivity index (χ0v) is 15.0. The fourth-order valence-corrected chi connectivity index (χ4v) is 4.05. The van der Waals surface area contributed by atoms with Gasteiger partial charge in [-0.1, -0.05) is 12.1 Å². The zero-order chi connectivity index (χ0) is 18.4. The molecule has 1 aromatic rings. The molecule has 1 N–H and O–H groups in total. The molecule has 0 fully saturated rings. The van der Waals surface area contributed by atoms with Crippen LogP contribution in [0, 0.1) is 5.82 Å². The van der Waals surface area contributed by atoms with Crippen LogP contribution in [0.2, 0.25) is 0 Å². The molecule has 1 atom stereocenters. The number of sulfonamides is 1. The summed E-state index contributed by atoms with van der Waals surface area (Å²) in [6.07, 6.45) is 6.15. The topological polar surface area (TPSA) is 64.1 Å². The van der Waals surface area contributed by atoms with Crippen LogP contribution >= 0.6 is 0 Å². The molecular weight excluding hydrogens is 345 g/mol. The number of aliphatic hydroxyl groups excluding tert-OH is 1. The molecule has 0 aliphatic carbocycles. The van der Waals surface area contributed by atoms with Crippen LogP contribution in [0.15, 0.2) is 59.8 Å². The van der Waals surface area contributed by atoms with Crippen molar-refractivity contribution in [1.29, 1.82) is 0 Å². The third-order valence-electron chi connectivity index (χ3n) is 4.29. The minimum absolute atomic E-state index is 0.108. The summed E-state index contributed by atoms with van der Waals surface area (Å²) in [5, 5.41) is 14.0. The molecule has 1 aromatic carbocycles. The zero-order valence-electron chi connectivity index (χ0n) is 14.2. The van der Waals surface area contributed by atoms with E-state index in [1.807, 2.05) is 18.1 Å². The van der Waals surface area contributed by atoms with Gasteiger partial charge in [-0.05, 0) is 30.7 Å². The molecule has 0 radical (unpaired) electrons. The molecule has 2 heterocycles. The summed E-state index contributed by atoms with van der Waals surface area (Å²) in [5.41, 5.74) is 1.83. The maximum absolute atomic E-state index is 13.2. The second kappa shape index (κ2) is 6.20. The van der Waals surface area contributed by atoms with Crippen molar-refractivity contribution in [3.63, 3.8) is 0 Å². The number of aliphatic hydroxyl groups is 1. The van der Waals surface area contributed by atoms with Crippen LogP contribution in [0.5, 0.6) is 0 Å². The molecule has 25 heavy (non-hydrogen) atoms. The second-order valence-electron chi connectivity index (χ2n) is 5.98. The van der Waals surface area contributed by atoms with E-state index in [4.69, 9.17) is 0 Å². The Kier molecular flexibility index (Phi) is 4.34. The highest BCUT2D eigenvalue weighted by atomic mass is 32.2. The molecule has 0 spiro atoms. The van der Waals surface area contributed by atoms with Crippen LogP contribution in [-0.2, 0) is 10.0 Å². The van der Waals surface area contributed by atoms with Gasteiger partial charge in [0, 0.05) is 19.7 Å². The number of halogens is 1. The second-order valence-corrected chi connectivity index (χ2v) is 7.88. The van der Waals surface area contributed by atoms with Gasteiger partial charge in [0.2, 0.25) is 10.0 Å². The standard InChI is InChI=1S/C17H20FN3O3S/c1-4-21(25(3,23)24)16-11-20-14(10-17(16)22)9-15(19(20)2)12-5-7-13(18)8-6-12/h5-11,15,22H,4H2,1-3H3. The smallest absolute Gasteiger partial charge is 0.232 e. The van der Waals surface area contributed by atoms with Gasteiger partial charge >= 0.3 is 0 Å². The molecule has 6 nitrogen and oxygen atoms in total. The Labute approximate surface area is 146 Å². The molecule has 8 heteroatoms. The minimum Gasteiger partial charge on any atom is -0.506 e. The Bertz CT molecular complexity index is 875. The predicted octanol–water partition coefficient (Wildman–Crippen LogP) is 2.49. The molecule has 0 saturated heterocycles.